The summed E-state index contributed by atoms with van der Waals surface area (Å²) in [5.41, 5.74) is 6.17. The van der Waals surface area contributed by atoms with Crippen LogP contribution in [0.25, 0.3) is 6.08 Å². The highest BCUT2D eigenvalue weighted by atomic mass is 35.5. The highest BCUT2D eigenvalue weighted by molar-refractivity contribution is 7.80. The average Bonchev–Trinajstić information content (AvgIpc) is 2.11. The molecule has 70 valence electrons. The molecule has 0 spiro atoms. The summed E-state index contributed by atoms with van der Waals surface area (Å²) in [6, 6.07) is 0. The number of nitrogens with zero attached hydrogens (tertiary/aromatic N) is 2. The summed E-state index contributed by atoms with van der Waals surface area (Å²) in [5, 5.41) is 0.347. The van der Waals surface area contributed by atoms with Crippen molar-refractivity contribution < 1.29 is 0 Å². The Morgan fingerprint density at radius 2 is 2.38 bits per heavy atom. The van der Waals surface area contributed by atoms with Crippen LogP contribution in [0.4, 0.5) is 5.82 Å². The second kappa shape index (κ2) is 5.09. The molecule has 0 fully saturated rings. The van der Waals surface area contributed by atoms with Crippen LogP contribution in [0.3, 0.4) is 0 Å². The molecule has 0 saturated carbocycles. The molecule has 0 saturated heterocycles. The van der Waals surface area contributed by atoms with E-state index in [2.05, 4.69) is 22.6 Å². The van der Waals surface area contributed by atoms with Gasteiger partial charge in [-0.15, -0.1) is 0 Å². The van der Waals surface area contributed by atoms with Gasteiger partial charge in [0.05, 0.1) is 6.20 Å². The highest BCUT2D eigenvalue weighted by Crippen LogP contribution is 2.11. The number of hydrogen-bond donors (Lipinski definition) is 2. The maximum absolute atomic E-state index is 5.65. The predicted molar refractivity (Wildman–Crippen MR) is 59.0 cm³/mol. The molecule has 0 aliphatic rings. The van der Waals surface area contributed by atoms with Gasteiger partial charge in [-0.2, -0.15) is 12.6 Å². The molecule has 3 nitrogen and oxygen atoms in total. The van der Waals surface area contributed by atoms with Gasteiger partial charge in [0, 0.05) is 0 Å². The highest BCUT2D eigenvalue weighted by Gasteiger charge is 1.98. The zero-order chi connectivity index (χ0) is 9.68. The summed E-state index contributed by atoms with van der Waals surface area (Å²) in [5.74, 6) is 1.18. The van der Waals surface area contributed by atoms with E-state index < -0.39 is 0 Å². The third kappa shape index (κ3) is 3.24. The lowest BCUT2D eigenvalue weighted by Gasteiger charge is -1.97. The minimum absolute atomic E-state index is 0.347. The first-order valence-corrected chi connectivity index (χ1v) is 4.80. The first-order chi connectivity index (χ1) is 6.24. The number of thiol groups is 1. The molecule has 1 heterocycles. The third-order valence-electron chi connectivity index (χ3n) is 1.37. The van der Waals surface area contributed by atoms with E-state index >= 15 is 0 Å². The predicted octanol–water partition coefficient (Wildman–Crippen LogP) is 2.05. The van der Waals surface area contributed by atoms with Gasteiger partial charge in [0.25, 0.3) is 0 Å². The van der Waals surface area contributed by atoms with E-state index in [0.717, 1.165) is 12.2 Å². The van der Waals surface area contributed by atoms with Gasteiger partial charge in [0.2, 0.25) is 0 Å². The second-order valence-corrected chi connectivity index (χ2v) is 3.21. The Morgan fingerprint density at radius 1 is 1.62 bits per heavy atom. The Balaban J connectivity index is 2.81. The van der Waals surface area contributed by atoms with Crippen LogP contribution in [0.1, 0.15) is 12.1 Å². The van der Waals surface area contributed by atoms with Crippen LogP contribution in [-0.2, 0) is 0 Å². The van der Waals surface area contributed by atoms with Crippen LogP contribution in [-0.4, -0.2) is 15.7 Å². The summed E-state index contributed by atoms with van der Waals surface area (Å²) in [7, 11) is 0. The van der Waals surface area contributed by atoms with E-state index in [-0.39, 0.29) is 0 Å². The quantitative estimate of drug-likeness (QED) is 0.759. The Morgan fingerprint density at radius 3 is 3.08 bits per heavy atom. The van der Waals surface area contributed by atoms with Crippen LogP contribution in [0.5, 0.6) is 0 Å². The number of nitrogens with two attached hydrogens (primary N) is 1. The van der Waals surface area contributed by atoms with E-state index in [0.29, 0.717) is 16.7 Å². The van der Waals surface area contributed by atoms with E-state index in [4.69, 9.17) is 17.3 Å². The molecule has 0 radical (unpaired) electrons. The van der Waals surface area contributed by atoms with Crippen molar-refractivity contribution in [2.45, 2.75) is 6.42 Å². The Labute approximate surface area is 87.4 Å². The van der Waals surface area contributed by atoms with Crippen molar-refractivity contribution in [3.05, 3.63) is 23.1 Å². The van der Waals surface area contributed by atoms with Gasteiger partial charge in [0.15, 0.2) is 0 Å². The molecule has 0 atom stereocenters. The number of allylic oxidation sites excluding steroid dienone is 1. The van der Waals surface area contributed by atoms with Gasteiger partial charge in [-0.05, 0) is 18.2 Å². The molecule has 13 heavy (non-hydrogen) atoms. The monoisotopic (exact) mass is 215 g/mol. The first kappa shape index (κ1) is 10.3. The fraction of sp³-hybridized carbons (Fsp3) is 0.250. The third-order valence-corrected chi connectivity index (χ3v) is 1.81. The molecule has 0 aromatic carbocycles. The molecule has 1 rings (SSSR count). The molecule has 2 N–H and O–H groups in total. The first-order valence-electron chi connectivity index (χ1n) is 3.79. The van der Waals surface area contributed by atoms with E-state index in [1.54, 1.807) is 6.08 Å². The average molecular weight is 216 g/mol. The summed E-state index contributed by atoms with van der Waals surface area (Å²) in [4.78, 5) is 7.88. The molecular weight excluding hydrogens is 206 g/mol. The summed E-state index contributed by atoms with van der Waals surface area (Å²) < 4.78 is 0. The minimum Gasteiger partial charge on any atom is -0.382 e. The summed E-state index contributed by atoms with van der Waals surface area (Å²) in [6.07, 6.45) is 6.03. The maximum Gasteiger partial charge on any atom is 0.149 e. The smallest absolute Gasteiger partial charge is 0.149 e. The van der Waals surface area contributed by atoms with Crippen molar-refractivity contribution in [2.24, 2.45) is 0 Å². The van der Waals surface area contributed by atoms with Gasteiger partial charge in [0.1, 0.15) is 16.7 Å². The Hall–Kier alpha value is -0.740. The fourth-order valence-corrected chi connectivity index (χ4v) is 1.07. The van der Waals surface area contributed by atoms with Crippen LogP contribution in [0.15, 0.2) is 12.3 Å². The van der Waals surface area contributed by atoms with Crippen molar-refractivity contribution in [1.82, 2.24) is 9.97 Å². The van der Waals surface area contributed by atoms with E-state index in [1.165, 1.54) is 6.20 Å². The standard InChI is InChI=1S/C8H10ClN3S/c9-7-5-11-8(10)6(12-7)3-1-2-4-13/h1,3,5,13H,2,4H2,(H2,10,11). The van der Waals surface area contributed by atoms with Crippen molar-refractivity contribution in [3.63, 3.8) is 0 Å². The lowest BCUT2D eigenvalue weighted by Crippen LogP contribution is -1.96. The Bertz CT molecular complexity index is 314. The van der Waals surface area contributed by atoms with Gasteiger partial charge < -0.3 is 5.73 Å². The number of rotatable bonds is 3. The molecule has 0 unspecified atom stereocenters. The number of hydrogen-bond acceptors (Lipinski definition) is 4. The maximum atomic E-state index is 5.65. The fourth-order valence-electron chi connectivity index (χ4n) is 0.782. The Kier molecular flexibility index (Phi) is 4.05. The molecule has 0 aliphatic heterocycles. The van der Waals surface area contributed by atoms with Crippen LogP contribution in [0, 0.1) is 0 Å². The van der Waals surface area contributed by atoms with Gasteiger partial charge in [-0.1, -0.05) is 17.7 Å². The summed E-state index contributed by atoms with van der Waals surface area (Å²) >= 11 is 9.72. The SMILES string of the molecule is Nc1ncc(Cl)nc1C=CCCS. The van der Waals surface area contributed by atoms with E-state index in [1.807, 2.05) is 6.08 Å². The largest absolute Gasteiger partial charge is 0.382 e. The van der Waals surface area contributed by atoms with Crippen molar-refractivity contribution in [1.29, 1.82) is 0 Å². The number of aromatic nitrogens is 2. The molecule has 1 aromatic heterocycles. The van der Waals surface area contributed by atoms with Gasteiger partial charge >= 0.3 is 0 Å². The van der Waals surface area contributed by atoms with Gasteiger partial charge in [-0.3, -0.25) is 0 Å². The van der Waals surface area contributed by atoms with Crippen molar-refractivity contribution in [2.75, 3.05) is 11.5 Å². The molecule has 0 bridgehead atoms. The number of halogens is 1. The molecule has 0 amide bonds. The number of nitrogen functional groups attached to an aromatic ring is 1. The van der Waals surface area contributed by atoms with Crippen LogP contribution in [0.2, 0.25) is 5.15 Å². The molecule has 5 heteroatoms. The minimum atomic E-state index is 0.347. The molecule has 1 aromatic rings. The van der Waals surface area contributed by atoms with Crippen molar-refractivity contribution >= 4 is 36.1 Å². The lowest BCUT2D eigenvalue weighted by atomic mass is 10.3. The van der Waals surface area contributed by atoms with E-state index in [9.17, 15) is 0 Å². The van der Waals surface area contributed by atoms with Crippen molar-refractivity contribution in [3.8, 4) is 0 Å². The lowest BCUT2D eigenvalue weighted by molar-refractivity contribution is 1.18. The second-order valence-electron chi connectivity index (χ2n) is 2.38. The molecular formula is C8H10ClN3S. The zero-order valence-electron chi connectivity index (χ0n) is 6.94. The zero-order valence-corrected chi connectivity index (χ0v) is 8.59. The van der Waals surface area contributed by atoms with Crippen LogP contribution >= 0.6 is 24.2 Å². The number of anilines is 1. The normalized spacial score (nSPS) is 10.9. The summed E-state index contributed by atoms with van der Waals surface area (Å²) in [6.45, 7) is 0. The van der Waals surface area contributed by atoms with Crippen LogP contribution < -0.4 is 5.73 Å². The van der Waals surface area contributed by atoms with Gasteiger partial charge in [-0.25, -0.2) is 9.97 Å². The topological polar surface area (TPSA) is 51.8 Å². The molecule has 0 aliphatic carbocycles.